The van der Waals surface area contributed by atoms with Gasteiger partial charge >= 0.3 is 0 Å². The zero-order chi connectivity index (χ0) is 13.9. The minimum absolute atomic E-state index is 0.0577. The van der Waals surface area contributed by atoms with E-state index < -0.39 is 6.10 Å². The van der Waals surface area contributed by atoms with Crippen molar-refractivity contribution in [2.75, 3.05) is 13.1 Å². The second-order valence-corrected chi connectivity index (χ2v) is 5.14. The summed E-state index contributed by atoms with van der Waals surface area (Å²) in [4.78, 5) is 11.8. The van der Waals surface area contributed by atoms with Crippen LogP contribution in [0.1, 0.15) is 12.2 Å². The molecule has 1 aromatic heterocycles. The number of hydrogen-bond acceptors (Lipinski definition) is 4. The Kier molecular flexibility index (Phi) is 3.71. The van der Waals surface area contributed by atoms with E-state index in [0.29, 0.717) is 25.9 Å². The number of fused-ring (bicyclic) bond motifs is 1. The molecule has 1 fully saturated rings. The third-order valence-electron chi connectivity index (χ3n) is 3.57. The van der Waals surface area contributed by atoms with Gasteiger partial charge in [0, 0.05) is 24.9 Å². The lowest BCUT2D eigenvalue weighted by atomic mass is 10.2. The van der Waals surface area contributed by atoms with Crippen LogP contribution in [0.2, 0.25) is 0 Å². The average molecular weight is 274 g/mol. The number of benzene rings is 1. The van der Waals surface area contributed by atoms with Crippen LogP contribution in [0.3, 0.4) is 0 Å². The number of para-hydroxylation sites is 1. The van der Waals surface area contributed by atoms with Crippen LogP contribution in [0.15, 0.2) is 34.7 Å². The number of aliphatic hydroxyl groups is 1. The fourth-order valence-electron chi connectivity index (χ4n) is 2.51. The fourth-order valence-corrected chi connectivity index (χ4v) is 2.51. The van der Waals surface area contributed by atoms with E-state index in [4.69, 9.17) is 4.42 Å². The maximum Gasteiger partial charge on any atom is 0.237 e. The zero-order valence-corrected chi connectivity index (χ0v) is 11.1. The molecule has 20 heavy (non-hydrogen) atoms. The van der Waals surface area contributed by atoms with Crippen LogP contribution in [0.25, 0.3) is 11.0 Å². The molecule has 1 aliphatic heterocycles. The standard InChI is InChI=1S/C15H18N2O3/c18-11-8-13(17-9-11)15(19)16-6-5-12-7-10-3-1-2-4-14(10)20-12/h1-4,7,11,13,17-18H,5-6,8-9H2,(H,16,19). The Bertz CT molecular complexity index is 575. The number of rotatable bonds is 4. The van der Waals surface area contributed by atoms with Crippen LogP contribution in [0, 0.1) is 0 Å². The van der Waals surface area contributed by atoms with Crippen molar-refractivity contribution in [2.45, 2.75) is 25.0 Å². The van der Waals surface area contributed by atoms with Crippen LogP contribution in [-0.2, 0) is 11.2 Å². The van der Waals surface area contributed by atoms with Gasteiger partial charge in [0.05, 0.1) is 12.1 Å². The summed E-state index contributed by atoms with van der Waals surface area (Å²) in [6, 6.07) is 9.57. The highest BCUT2D eigenvalue weighted by molar-refractivity contribution is 5.82. The Hall–Kier alpha value is -1.85. The largest absolute Gasteiger partial charge is 0.461 e. The van der Waals surface area contributed by atoms with Gasteiger partial charge in [-0.3, -0.25) is 4.79 Å². The molecule has 0 aliphatic carbocycles. The lowest BCUT2D eigenvalue weighted by Gasteiger charge is -2.10. The molecule has 2 aromatic rings. The van der Waals surface area contributed by atoms with Crippen molar-refractivity contribution >= 4 is 16.9 Å². The van der Waals surface area contributed by atoms with Crippen LogP contribution in [0.5, 0.6) is 0 Å². The number of nitrogens with one attached hydrogen (secondary N) is 2. The molecule has 2 atom stereocenters. The van der Waals surface area contributed by atoms with Gasteiger partial charge in [-0.2, -0.15) is 0 Å². The predicted octanol–water partition coefficient (Wildman–Crippen LogP) is 0.814. The molecule has 1 saturated heterocycles. The lowest BCUT2D eigenvalue weighted by Crippen LogP contribution is -2.41. The van der Waals surface area contributed by atoms with Gasteiger partial charge < -0.3 is 20.2 Å². The van der Waals surface area contributed by atoms with Crippen molar-refractivity contribution in [3.05, 3.63) is 36.1 Å². The average Bonchev–Trinajstić information content (AvgIpc) is 3.04. The summed E-state index contributed by atoms with van der Waals surface area (Å²) in [6.07, 6.45) is 0.729. The van der Waals surface area contributed by atoms with Crippen molar-refractivity contribution in [1.82, 2.24) is 10.6 Å². The van der Waals surface area contributed by atoms with Gasteiger partial charge in [-0.15, -0.1) is 0 Å². The summed E-state index contributed by atoms with van der Waals surface area (Å²) in [6.45, 7) is 1.02. The van der Waals surface area contributed by atoms with Gasteiger partial charge in [0.25, 0.3) is 0 Å². The molecule has 0 bridgehead atoms. The van der Waals surface area contributed by atoms with Crippen molar-refractivity contribution in [1.29, 1.82) is 0 Å². The van der Waals surface area contributed by atoms with Crippen molar-refractivity contribution in [3.8, 4) is 0 Å². The normalized spacial score (nSPS) is 22.2. The summed E-state index contributed by atoms with van der Waals surface area (Å²) in [7, 11) is 0. The van der Waals surface area contributed by atoms with Crippen LogP contribution >= 0.6 is 0 Å². The highest BCUT2D eigenvalue weighted by Gasteiger charge is 2.27. The summed E-state index contributed by atoms with van der Waals surface area (Å²) in [5.74, 6) is 0.809. The molecule has 5 nitrogen and oxygen atoms in total. The van der Waals surface area contributed by atoms with E-state index in [0.717, 1.165) is 16.7 Å². The molecule has 3 rings (SSSR count). The van der Waals surface area contributed by atoms with E-state index >= 15 is 0 Å². The first kappa shape index (κ1) is 13.1. The van der Waals surface area contributed by atoms with Gasteiger partial charge in [0.15, 0.2) is 0 Å². The maximum atomic E-state index is 11.8. The number of furan rings is 1. The number of β-amino-alcohol motifs (C(OH)–C–C–N with tert-alkyl or cyclic N) is 1. The first-order chi connectivity index (χ1) is 9.72. The molecular weight excluding hydrogens is 256 g/mol. The molecule has 3 N–H and O–H groups in total. The third-order valence-corrected chi connectivity index (χ3v) is 3.57. The van der Waals surface area contributed by atoms with E-state index in [2.05, 4.69) is 10.6 Å². The Morgan fingerprint density at radius 3 is 3.05 bits per heavy atom. The minimum atomic E-state index is -0.416. The molecule has 2 heterocycles. The SMILES string of the molecule is O=C(NCCc1cc2ccccc2o1)C1CC(O)CN1. The van der Waals surface area contributed by atoms with Crippen LogP contribution in [-0.4, -0.2) is 36.2 Å². The van der Waals surface area contributed by atoms with Crippen molar-refractivity contribution < 1.29 is 14.3 Å². The molecule has 0 spiro atoms. The maximum absolute atomic E-state index is 11.8. The van der Waals surface area contributed by atoms with Gasteiger partial charge in [0.1, 0.15) is 11.3 Å². The third kappa shape index (κ3) is 2.84. The quantitative estimate of drug-likeness (QED) is 0.771. The van der Waals surface area contributed by atoms with Crippen LogP contribution in [0.4, 0.5) is 0 Å². The van der Waals surface area contributed by atoms with E-state index in [1.54, 1.807) is 0 Å². The van der Waals surface area contributed by atoms with Gasteiger partial charge in [0.2, 0.25) is 5.91 Å². The topological polar surface area (TPSA) is 74.5 Å². The molecule has 5 heteroatoms. The van der Waals surface area contributed by atoms with E-state index in [1.807, 2.05) is 30.3 Å². The molecule has 1 aromatic carbocycles. The molecule has 106 valence electrons. The second kappa shape index (κ2) is 5.64. The number of carbonyl (C=O) groups is 1. The fraction of sp³-hybridized carbons (Fsp3) is 0.400. The first-order valence-electron chi connectivity index (χ1n) is 6.89. The van der Waals surface area contributed by atoms with Crippen molar-refractivity contribution in [2.24, 2.45) is 0 Å². The second-order valence-electron chi connectivity index (χ2n) is 5.14. The minimum Gasteiger partial charge on any atom is -0.461 e. The number of carbonyl (C=O) groups excluding carboxylic acids is 1. The zero-order valence-electron chi connectivity index (χ0n) is 11.1. The summed E-state index contributed by atoms with van der Waals surface area (Å²) in [5, 5.41) is 16.3. The summed E-state index contributed by atoms with van der Waals surface area (Å²) >= 11 is 0. The number of hydrogen-bond donors (Lipinski definition) is 3. The van der Waals surface area contributed by atoms with E-state index in [-0.39, 0.29) is 11.9 Å². The molecule has 1 aliphatic rings. The Balaban J connectivity index is 1.51. The van der Waals surface area contributed by atoms with E-state index in [9.17, 15) is 9.90 Å². The van der Waals surface area contributed by atoms with E-state index in [1.165, 1.54) is 0 Å². The number of aliphatic hydroxyl groups excluding tert-OH is 1. The molecular formula is C15H18N2O3. The molecule has 1 amide bonds. The Labute approximate surface area is 117 Å². The smallest absolute Gasteiger partial charge is 0.237 e. The predicted molar refractivity (Wildman–Crippen MR) is 75.3 cm³/mol. The van der Waals surface area contributed by atoms with Gasteiger partial charge in [-0.1, -0.05) is 18.2 Å². The monoisotopic (exact) mass is 274 g/mol. The Morgan fingerprint density at radius 2 is 2.30 bits per heavy atom. The highest BCUT2D eigenvalue weighted by Crippen LogP contribution is 2.18. The number of amides is 1. The first-order valence-corrected chi connectivity index (χ1v) is 6.89. The van der Waals surface area contributed by atoms with Crippen molar-refractivity contribution in [3.63, 3.8) is 0 Å². The van der Waals surface area contributed by atoms with Gasteiger partial charge in [-0.25, -0.2) is 0 Å². The lowest BCUT2D eigenvalue weighted by molar-refractivity contribution is -0.122. The summed E-state index contributed by atoms with van der Waals surface area (Å²) in [5.41, 5.74) is 0.870. The molecule has 2 unspecified atom stereocenters. The highest BCUT2D eigenvalue weighted by atomic mass is 16.3. The summed E-state index contributed by atoms with van der Waals surface area (Å²) < 4.78 is 5.69. The molecule has 0 saturated carbocycles. The Morgan fingerprint density at radius 1 is 1.45 bits per heavy atom. The van der Waals surface area contributed by atoms with Gasteiger partial charge in [-0.05, 0) is 18.6 Å². The van der Waals surface area contributed by atoms with Crippen LogP contribution < -0.4 is 10.6 Å². The molecule has 0 radical (unpaired) electrons.